The molecular formula is C9H8O4. The Kier molecular flexibility index (Phi) is 2.32. The van der Waals surface area contributed by atoms with Crippen LogP contribution in [0.5, 0.6) is 5.75 Å². The van der Waals surface area contributed by atoms with Gasteiger partial charge in [0.1, 0.15) is 5.75 Å². The van der Waals surface area contributed by atoms with Crippen molar-refractivity contribution < 1.29 is 19.8 Å². The number of carboxylic acids is 1. The van der Waals surface area contributed by atoms with Crippen molar-refractivity contribution in [3.63, 3.8) is 0 Å². The standard InChI is InChI=1S/C9H8O4/c1-5-2-3-7(10)6(4-5)8(11)9(12)13/h2-4,10H,1H3,(H,12,13). The molecule has 0 aliphatic rings. The molecule has 0 atom stereocenters. The van der Waals surface area contributed by atoms with Gasteiger partial charge in [0, 0.05) is 0 Å². The number of ketones is 1. The first-order valence-electron chi connectivity index (χ1n) is 3.59. The fourth-order valence-corrected chi connectivity index (χ4v) is 0.947. The smallest absolute Gasteiger partial charge is 0.377 e. The van der Waals surface area contributed by atoms with E-state index in [2.05, 4.69) is 0 Å². The molecule has 0 aromatic heterocycles. The van der Waals surface area contributed by atoms with Crippen LogP contribution in [0.4, 0.5) is 0 Å². The first kappa shape index (κ1) is 9.25. The van der Waals surface area contributed by atoms with Gasteiger partial charge >= 0.3 is 5.97 Å². The van der Waals surface area contributed by atoms with Crippen molar-refractivity contribution >= 4 is 11.8 Å². The van der Waals surface area contributed by atoms with E-state index in [0.717, 1.165) is 5.56 Å². The Morgan fingerprint density at radius 2 is 1.92 bits per heavy atom. The number of carbonyl (C=O) groups excluding carboxylic acids is 1. The zero-order valence-electron chi connectivity index (χ0n) is 6.94. The fraction of sp³-hybridized carbons (Fsp3) is 0.111. The number of aryl methyl sites for hydroxylation is 1. The van der Waals surface area contributed by atoms with E-state index in [9.17, 15) is 14.7 Å². The van der Waals surface area contributed by atoms with E-state index >= 15 is 0 Å². The monoisotopic (exact) mass is 180 g/mol. The number of Topliss-reactive ketones (excluding diaryl/α,β-unsaturated/α-hetero) is 1. The Labute approximate surface area is 74.4 Å². The summed E-state index contributed by atoms with van der Waals surface area (Å²) in [6.07, 6.45) is 0. The van der Waals surface area contributed by atoms with E-state index in [1.165, 1.54) is 12.1 Å². The number of phenols is 1. The number of phenolic OH excluding ortho intramolecular Hbond substituents is 1. The summed E-state index contributed by atoms with van der Waals surface area (Å²) in [7, 11) is 0. The van der Waals surface area contributed by atoms with Crippen molar-refractivity contribution in [2.24, 2.45) is 0 Å². The Bertz CT molecular complexity index is 368. The average Bonchev–Trinajstić information content (AvgIpc) is 2.08. The number of hydrogen-bond donors (Lipinski definition) is 2. The van der Waals surface area contributed by atoms with Gasteiger partial charge in [-0.25, -0.2) is 4.79 Å². The maximum atomic E-state index is 11.0. The Hall–Kier alpha value is -1.84. The molecule has 0 unspecified atom stereocenters. The molecule has 0 saturated heterocycles. The minimum atomic E-state index is -1.57. The minimum Gasteiger partial charge on any atom is -0.507 e. The van der Waals surface area contributed by atoms with Crippen molar-refractivity contribution in [2.75, 3.05) is 0 Å². The Balaban J connectivity index is 3.21. The summed E-state index contributed by atoms with van der Waals surface area (Å²) in [6, 6.07) is 4.23. The van der Waals surface area contributed by atoms with E-state index in [4.69, 9.17) is 5.11 Å². The number of aliphatic carboxylic acids is 1. The molecule has 0 amide bonds. The summed E-state index contributed by atoms with van der Waals surface area (Å²) in [5.74, 6) is -2.97. The zero-order chi connectivity index (χ0) is 10.0. The lowest BCUT2D eigenvalue weighted by molar-refractivity contribution is -0.131. The van der Waals surface area contributed by atoms with Gasteiger partial charge in [-0.05, 0) is 19.1 Å². The highest BCUT2D eigenvalue weighted by Gasteiger charge is 2.18. The quantitative estimate of drug-likeness (QED) is 0.525. The molecule has 68 valence electrons. The van der Waals surface area contributed by atoms with Gasteiger partial charge in [-0.2, -0.15) is 0 Å². The second-order valence-corrected chi connectivity index (χ2v) is 2.65. The third-order valence-corrected chi connectivity index (χ3v) is 1.59. The van der Waals surface area contributed by atoms with Gasteiger partial charge in [0.2, 0.25) is 0 Å². The predicted molar refractivity (Wildman–Crippen MR) is 44.8 cm³/mol. The summed E-state index contributed by atoms with van der Waals surface area (Å²) in [5, 5.41) is 17.6. The number of carbonyl (C=O) groups is 2. The fourth-order valence-electron chi connectivity index (χ4n) is 0.947. The van der Waals surface area contributed by atoms with Crippen molar-refractivity contribution in [3.05, 3.63) is 29.3 Å². The molecular weight excluding hydrogens is 172 g/mol. The second-order valence-electron chi connectivity index (χ2n) is 2.65. The van der Waals surface area contributed by atoms with Crippen molar-refractivity contribution in [2.45, 2.75) is 6.92 Å². The molecule has 1 aromatic carbocycles. The Morgan fingerprint density at radius 3 is 2.46 bits per heavy atom. The molecule has 0 aliphatic carbocycles. The topological polar surface area (TPSA) is 74.6 Å². The van der Waals surface area contributed by atoms with E-state index < -0.39 is 11.8 Å². The summed E-state index contributed by atoms with van der Waals surface area (Å²) >= 11 is 0. The predicted octanol–water partition coefficient (Wildman–Crippen LogP) is 0.968. The van der Waals surface area contributed by atoms with Gasteiger partial charge in [0.25, 0.3) is 5.78 Å². The van der Waals surface area contributed by atoms with Crippen LogP contribution in [0.25, 0.3) is 0 Å². The van der Waals surface area contributed by atoms with Crippen LogP contribution in [-0.4, -0.2) is 22.0 Å². The lowest BCUT2D eigenvalue weighted by Gasteiger charge is -2.00. The largest absolute Gasteiger partial charge is 0.507 e. The van der Waals surface area contributed by atoms with E-state index in [1.807, 2.05) is 0 Å². The molecule has 1 rings (SSSR count). The molecule has 0 heterocycles. The summed E-state index contributed by atoms with van der Waals surface area (Å²) in [4.78, 5) is 21.3. The lowest BCUT2D eigenvalue weighted by atomic mass is 10.1. The molecule has 0 aliphatic heterocycles. The highest BCUT2D eigenvalue weighted by atomic mass is 16.4. The van der Waals surface area contributed by atoms with Crippen LogP contribution in [0.1, 0.15) is 15.9 Å². The van der Waals surface area contributed by atoms with Gasteiger partial charge in [0.15, 0.2) is 0 Å². The Morgan fingerprint density at radius 1 is 1.31 bits per heavy atom. The number of benzene rings is 1. The molecule has 0 bridgehead atoms. The minimum absolute atomic E-state index is 0.174. The third kappa shape index (κ3) is 1.84. The summed E-state index contributed by atoms with van der Waals surface area (Å²) in [5.41, 5.74) is 0.551. The maximum absolute atomic E-state index is 11.0. The molecule has 0 spiro atoms. The SMILES string of the molecule is Cc1ccc(O)c(C(=O)C(=O)O)c1. The van der Waals surface area contributed by atoms with E-state index in [-0.39, 0.29) is 11.3 Å². The van der Waals surface area contributed by atoms with Gasteiger partial charge in [-0.3, -0.25) is 4.79 Å². The number of hydrogen-bond acceptors (Lipinski definition) is 3. The van der Waals surface area contributed by atoms with Crippen molar-refractivity contribution in [3.8, 4) is 5.75 Å². The van der Waals surface area contributed by atoms with Crippen LogP contribution >= 0.6 is 0 Å². The third-order valence-electron chi connectivity index (χ3n) is 1.59. The van der Waals surface area contributed by atoms with Gasteiger partial charge < -0.3 is 10.2 Å². The van der Waals surface area contributed by atoms with Crippen LogP contribution in [0.15, 0.2) is 18.2 Å². The second kappa shape index (κ2) is 3.26. The number of carboxylic acid groups (broad SMARTS) is 1. The summed E-state index contributed by atoms with van der Waals surface area (Å²) in [6.45, 7) is 1.71. The van der Waals surface area contributed by atoms with E-state index in [0.29, 0.717) is 0 Å². The molecule has 4 nitrogen and oxygen atoms in total. The number of aromatic hydroxyl groups is 1. The van der Waals surface area contributed by atoms with E-state index in [1.54, 1.807) is 13.0 Å². The van der Waals surface area contributed by atoms with Crippen LogP contribution in [0.2, 0.25) is 0 Å². The maximum Gasteiger partial charge on any atom is 0.377 e. The van der Waals surface area contributed by atoms with Crippen molar-refractivity contribution in [1.29, 1.82) is 0 Å². The molecule has 13 heavy (non-hydrogen) atoms. The van der Waals surface area contributed by atoms with Crippen LogP contribution in [0, 0.1) is 6.92 Å². The molecule has 1 aromatic rings. The first-order chi connectivity index (χ1) is 6.02. The average molecular weight is 180 g/mol. The van der Waals surface area contributed by atoms with Crippen molar-refractivity contribution in [1.82, 2.24) is 0 Å². The zero-order valence-corrected chi connectivity index (χ0v) is 6.94. The summed E-state index contributed by atoms with van der Waals surface area (Å²) < 4.78 is 0. The van der Waals surface area contributed by atoms with Gasteiger partial charge in [-0.1, -0.05) is 11.6 Å². The number of rotatable bonds is 2. The normalized spacial score (nSPS) is 9.62. The lowest BCUT2D eigenvalue weighted by Crippen LogP contribution is -2.12. The van der Waals surface area contributed by atoms with Crippen LogP contribution in [0.3, 0.4) is 0 Å². The van der Waals surface area contributed by atoms with Crippen LogP contribution in [-0.2, 0) is 4.79 Å². The van der Waals surface area contributed by atoms with Crippen LogP contribution < -0.4 is 0 Å². The molecule has 0 fully saturated rings. The molecule has 2 N–H and O–H groups in total. The highest BCUT2D eigenvalue weighted by molar-refractivity contribution is 6.40. The first-order valence-corrected chi connectivity index (χ1v) is 3.59. The molecule has 0 radical (unpaired) electrons. The molecule has 0 saturated carbocycles. The molecule has 4 heteroatoms. The van der Waals surface area contributed by atoms with Gasteiger partial charge in [-0.15, -0.1) is 0 Å². The van der Waals surface area contributed by atoms with Gasteiger partial charge in [0.05, 0.1) is 5.56 Å². The highest BCUT2D eigenvalue weighted by Crippen LogP contribution is 2.18.